The number of hydrogen-bond acceptors (Lipinski definition) is 12. The van der Waals surface area contributed by atoms with Crippen molar-refractivity contribution < 1.29 is 62.9 Å². The quantitative estimate of drug-likeness (QED) is 0.0924. The molecule has 18 nitrogen and oxygen atoms in total. The normalized spacial score (nSPS) is 19.0. The van der Waals surface area contributed by atoms with Crippen LogP contribution in [0, 0.1) is 0 Å². The van der Waals surface area contributed by atoms with Gasteiger partial charge in [-0.05, 0) is 115 Å². The Labute approximate surface area is 422 Å². The van der Waals surface area contributed by atoms with Gasteiger partial charge in [0.15, 0.2) is 0 Å². The molecular weight excluding hydrogens is 1040 g/mol. The molecule has 24 heteroatoms. The van der Waals surface area contributed by atoms with Crippen LogP contribution in [0.5, 0.6) is 11.5 Å². The van der Waals surface area contributed by atoms with Gasteiger partial charge in [-0.3, -0.25) is 13.9 Å². The number of ether oxygens (including phenoxy) is 2. The van der Waals surface area contributed by atoms with E-state index in [0.29, 0.717) is 27.1 Å². The van der Waals surface area contributed by atoms with E-state index < -0.39 is 82.0 Å². The Kier molecular flexibility index (Phi) is 17.8. The lowest BCUT2D eigenvalue weighted by atomic mass is 10.0. The highest BCUT2D eigenvalue weighted by Crippen LogP contribution is 2.35. The van der Waals surface area contributed by atoms with E-state index >= 15 is 0 Å². The molecule has 0 aliphatic carbocycles. The van der Waals surface area contributed by atoms with Crippen LogP contribution in [-0.2, 0) is 55.4 Å². The smallest absolute Gasteiger partial charge is 0.324 e. The molecule has 5 aromatic rings. The maximum atomic E-state index is 14.0. The van der Waals surface area contributed by atoms with Crippen molar-refractivity contribution >= 4 is 80.9 Å². The number of carboxylic acids is 2. The molecule has 0 radical (unpaired) electrons. The number of anilines is 1. The number of nitrogens with zero attached hydrogens (tertiary/aromatic N) is 3. The highest BCUT2D eigenvalue weighted by Gasteiger charge is 2.47. The summed E-state index contributed by atoms with van der Waals surface area (Å²) in [6.07, 6.45) is 6.13. The molecule has 2 heterocycles. The van der Waals surface area contributed by atoms with Crippen molar-refractivity contribution in [2.24, 2.45) is 0 Å². The van der Waals surface area contributed by atoms with Gasteiger partial charge in [-0.2, -0.15) is 8.61 Å². The van der Waals surface area contributed by atoms with Crippen LogP contribution in [0.3, 0.4) is 0 Å². The molecule has 3 N–H and O–H groups in total. The number of hydrogen-bond donors (Lipinski definition) is 3. The summed E-state index contributed by atoms with van der Waals surface area (Å²) in [4.78, 5) is 24.6. The maximum Gasteiger partial charge on any atom is 0.324 e. The van der Waals surface area contributed by atoms with E-state index in [-0.39, 0.29) is 46.3 Å². The lowest BCUT2D eigenvalue weighted by Crippen LogP contribution is -2.58. The van der Waals surface area contributed by atoms with Gasteiger partial charge >= 0.3 is 11.9 Å². The van der Waals surface area contributed by atoms with Gasteiger partial charge in [0, 0.05) is 23.1 Å². The topological polar surface area (TPSA) is 251 Å². The Morgan fingerprint density at radius 2 is 1.04 bits per heavy atom. The number of halogens is 2. The van der Waals surface area contributed by atoms with Crippen molar-refractivity contribution in [3.63, 3.8) is 0 Å². The second-order valence-corrected chi connectivity index (χ2v) is 24.0. The lowest BCUT2D eigenvalue weighted by molar-refractivity contribution is -0.143. The first-order chi connectivity index (χ1) is 33.6. The van der Waals surface area contributed by atoms with Crippen LogP contribution in [0.4, 0.5) is 5.69 Å². The van der Waals surface area contributed by atoms with Crippen molar-refractivity contribution in [1.29, 1.82) is 0 Å². The van der Waals surface area contributed by atoms with Gasteiger partial charge in [0.05, 0.1) is 52.4 Å². The van der Waals surface area contributed by atoms with Gasteiger partial charge in [-0.1, -0.05) is 77.8 Å². The third-order valence-corrected chi connectivity index (χ3v) is 18.6. The van der Waals surface area contributed by atoms with E-state index in [0.717, 1.165) is 12.9 Å². The highest BCUT2D eigenvalue weighted by atomic mass is 35.5. The summed E-state index contributed by atoms with van der Waals surface area (Å²) in [5, 5.41) is 21.1. The second-order valence-electron chi connectivity index (χ2n) is 15.7. The third-order valence-electron chi connectivity index (χ3n) is 11.2. The molecule has 4 atom stereocenters. The Bertz CT molecular complexity index is 3190. The van der Waals surface area contributed by atoms with Crippen molar-refractivity contribution in [3.8, 4) is 11.5 Å². The number of carboxylic acid groups (broad SMARTS) is 2. The Balaban J connectivity index is 0.000000235. The Morgan fingerprint density at radius 3 is 1.51 bits per heavy atom. The monoisotopic (exact) mass is 1090 g/mol. The van der Waals surface area contributed by atoms with Crippen LogP contribution in [-0.4, -0.2) is 116 Å². The van der Waals surface area contributed by atoms with E-state index in [9.17, 15) is 53.5 Å². The van der Waals surface area contributed by atoms with Crippen LogP contribution in [0.25, 0.3) is 0 Å². The molecule has 2 aliphatic rings. The van der Waals surface area contributed by atoms with Gasteiger partial charge in [0.1, 0.15) is 23.6 Å². The molecule has 0 saturated heterocycles. The SMILES string of the molecule is COc1ccc(S(=O)(=O)N2CC=CCC(N(c3ccc(Cl)cc3)S(=O)(=O)c3ccccc3)C2C(=O)O)cc1.COc1ccc(S(=O)(=O)N2CC=CCC(NS(=O)(=O)Cc3ccc(Cl)cc3)C2C(=O)O)cc1. The molecule has 4 unspecified atom stereocenters. The molecule has 0 bridgehead atoms. The van der Waals surface area contributed by atoms with E-state index in [1.165, 1.54) is 111 Å². The van der Waals surface area contributed by atoms with Crippen molar-refractivity contribution in [3.05, 3.63) is 167 Å². The third kappa shape index (κ3) is 13.0. The molecule has 7 rings (SSSR count). The standard InChI is InChI=1S/C26H25ClN2O7S2.C21H23ClN2O7S2/c1-36-21-14-16-23(17-15-21)37(32,33)28-18-6-5-9-24(25(28)26(30)31)29(20-12-10-19(27)11-13-20)38(34,35)22-7-3-2-4-8-22;1-31-17-9-11-18(12-10-17)33(29,30)24-13-3-2-4-19(20(24)21(25)26)23-32(27,28)14-15-5-7-16(22)8-6-15/h2-8,10-17,24-25H,9,18H2,1H3,(H,30,31);2-3,5-12,19-20,23H,4,13-14H2,1H3,(H,25,26). The molecular formula is C47H48Cl2N4O14S4. The Morgan fingerprint density at radius 1 is 0.592 bits per heavy atom. The second kappa shape index (κ2) is 23.2. The van der Waals surface area contributed by atoms with E-state index in [1.54, 1.807) is 54.6 Å². The van der Waals surface area contributed by atoms with E-state index in [4.69, 9.17) is 32.7 Å². The van der Waals surface area contributed by atoms with Crippen LogP contribution >= 0.6 is 23.2 Å². The van der Waals surface area contributed by atoms with Gasteiger partial charge in [0.2, 0.25) is 30.1 Å². The van der Waals surface area contributed by atoms with Crippen LogP contribution < -0.4 is 18.5 Å². The molecule has 0 spiro atoms. The molecule has 0 fully saturated rings. The average molecular weight is 1090 g/mol. The summed E-state index contributed by atoms with van der Waals surface area (Å²) < 4.78 is 123. The molecule has 378 valence electrons. The van der Waals surface area contributed by atoms with Crippen molar-refractivity contribution in [2.75, 3.05) is 31.6 Å². The molecule has 0 saturated carbocycles. The molecule has 2 aliphatic heterocycles. The fourth-order valence-corrected chi connectivity index (χ4v) is 14.2. The predicted octanol–water partition coefficient (Wildman–Crippen LogP) is 6.26. The average Bonchev–Trinajstić information content (AvgIpc) is 3.71. The van der Waals surface area contributed by atoms with Gasteiger partial charge in [-0.25, -0.2) is 38.4 Å². The first kappa shape index (κ1) is 54.5. The summed E-state index contributed by atoms with van der Waals surface area (Å²) in [6.45, 7) is -0.484. The number of rotatable bonds is 16. The summed E-state index contributed by atoms with van der Waals surface area (Å²) in [5.41, 5.74) is 0.595. The van der Waals surface area contributed by atoms with Crippen LogP contribution in [0.1, 0.15) is 18.4 Å². The summed E-state index contributed by atoms with van der Waals surface area (Å²) >= 11 is 11.9. The van der Waals surface area contributed by atoms with Crippen LogP contribution in [0.2, 0.25) is 10.0 Å². The zero-order valence-electron chi connectivity index (χ0n) is 37.8. The largest absolute Gasteiger partial charge is 0.497 e. The number of carbonyl (C=O) groups is 2. The summed E-state index contributed by atoms with van der Waals surface area (Å²) in [6, 6.07) is 24.7. The fourth-order valence-electron chi connectivity index (χ4n) is 7.77. The highest BCUT2D eigenvalue weighted by molar-refractivity contribution is 7.93. The number of nitrogens with one attached hydrogen (secondary N) is 1. The molecule has 71 heavy (non-hydrogen) atoms. The summed E-state index contributed by atoms with van der Waals surface area (Å²) in [5.74, 6) is -2.50. The number of sulfonamides is 4. The molecule has 0 aromatic heterocycles. The summed E-state index contributed by atoms with van der Waals surface area (Å²) in [7, 11) is -14.1. The minimum absolute atomic E-state index is 0.00540. The molecule has 5 aromatic carbocycles. The number of methoxy groups -OCH3 is 2. The van der Waals surface area contributed by atoms with Crippen LogP contribution in [0.15, 0.2) is 166 Å². The van der Waals surface area contributed by atoms with Gasteiger partial charge in [-0.15, -0.1) is 0 Å². The van der Waals surface area contributed by atoms with Crippen molar-refractivity contribution in [1.82, 2.24) is 13.3 Å². The van der Waals surface area contributed by atoms with Gasteiger partial charge in [0.25, 0.3) is 10.0 Å². The number of aliphatic carboxylic acids is 2. The maximum absolute atomic E-state index is 14.0. The van der Waals surface area contributed by atoms with E-state index in [2.05, 4.69) is 4.72 Å². The van der Waals surface area contributed by atoms with Gasteiger partial charge < -0.3 is 19.7 Å². The van der Waals surface area contributed by atoms with Crippen molar-refractivity contribution in [2.45, 2.75) is 57.4 Å². The minimum atomic E-state index is -4.37. The fraction of sp³-hybridized carbons (Fsp3) is 0.234. The minimum Gasteiger partial charge on any atom is -0.497 e. The first-order valence-corrected chi connectivity index (χ1v) is 28.0. The Hall–Kier alpha value is -5.82. The predicted molar refractivity (Wildman–Crippen MR) is 266 cm³/mol. The van der Waals surface area contributed by atoms with E-state index in [1.807, 2.05) is 0 Å². The first-order valence-electron chi connectivity index (χ1n) is 21.3. The number of benzene rings is 5. The zero-order valence-corrected chi connectivity index (χ0v) is 42.6. The zero-order chi connectivity index (χ0) is 51.7. The molecule has 0 amide bonds. The lowest BCUT2D eigenvalue weighted by Gasteiger charge is -2.38.